The number of nitrogens with zero attached hydrogens (tertiary/aromatic N) is 4. The Morgan fingerprint density at radius 1 is 1.21 bits per heavy atom. The average Bonchev–Trinajstić information content (AvgIpc) is 3.12. The van der Waals surface area contributed by atoms with Gasteiger partial charge in [0.25, 0.3) is 0 Å². The Labute approximate surface area is 140 Å². The first-order valence-electron chi connectivity index (χ1n) is 7.71. The van der Waals surface area contributed by atoms with Crippen LogP contribution in [0.4, 0.5) is 10.6 Å². The number of aromatic nitrogens is 4. The summed E-state index contributed by atoms with van der Waals surface area (Å²) in [6.07, 6.45) is 3.58. The monoisotopic (exact) mass is 324 g/mol. The minimum atomic E-state index is -0.289. The summed E-state index contributed by atoms with van der Waals surface area (Å²) in [6, 6.07) is 11.6. The van der Waals surface area contributed by atoms with Gasteiger partial charge < -0.3 is 5.32 Å². The maximum absolute atomic E-state index is 12.0. The minimum absolute atomic E-state index is 0.289. The quantitative estimate of drug-likeness (QED) is 0.756. The smallest absolute Gasteiger partial charge is 0.320 e. The molecule has 0 saturated carbocycles. The third kappa shape index (κ3) is 4.01. The molecule has 0 saturated heterocycles. The summed E-state index contributed by atoms with van der Waals surface area (Å²) in [5.74, 6) is 0.534. The molecule has 1 aromatic carbocycles. The highest BCUT2D eigenvalue weighted by Crippen LogP contribution is 2.11. The van der Waals surface area contributed by atoms with E-state index in [0.717, 1.165) is 16.8 Å². The zero-order valence-corrected chi connectivity index (χ0v) is 13.7. The largest absolute Gasteiger partial charge is 0.334 e. The van der Waals surface area contributed by atoms with Gasteiger partial charge in [0.2, 0.25) is 0 Å². The summed E-state index contributed by atoms with van der Waals surface area (Å²) in [6.45, 7) is 3.06. The summed E-state index contributed by atoms with van der Waals surface area (Å²) in [5, 5.41) is 14.0. The van der Waals surface area contributed by atoms with Crippen LogP contribution in [0, 0.1) is 6.92 Å². The first-order valence-corrected chi connectivity index (χ1v) is 7.71. The zero-order valence-electron chi connectivity index (χ0n) is 13.7. The normalized spacial score (nSPS) is 10.6. The van der Waals surface area contributed by atoms with Gasteiger partial charge in [-0.05, 0) is 12.5 Å². The van der Waals surface area contributed by atoms with Crippen molar-refractivity contribution >= 4 is 11.8 Å². The predicted molar refractivity (Wildman–Crippen MR) is 91.6 cm³/mol. The molecular formula is C17H20N6O. The van der Waals surface area contributed by atoms with Crippen molar-refractivity contribution in [3.05, 3.63) is 65.6 Å². The lowest BCUT2D eigenvalue weighted by Gasteiger charge is -2.05. The average molecular weight is 324 g/mol. The second kappa shape index (κ2) is 6.99. The van der Waals surface area contributed by atoms with E-state index in [1.807, 2.05) is 49.1 Å². The van der Waals surface area contributed by atoms with Crippen molar-refractivity contribution < 1.29 is 4.79 Å². The fourth-order valence-corrected chi connectivity index (χ4v) is 2.39. The second-order valence-corrected chi connectivity index (χ2v) is 5.64. The van der Waals surface area contributed by atoms with Crippen LogP contribution in [0.2, 0.25) is 0 Å². The Hall–Kier alpha value is -3.09. The third-order valence-electron chi connectivity index (χ3n) is 3.61. The molecule has 7 heteroatoms. The molecule has 0 aliphatic carbocycles. The van der Waals surface area contributed by atoms with E-state index in [4.69, 9.17) is 0 Å². The van der Waals surface area contributed by atoms with Crippen molar-refractivity contribution in [3.8, 4) is 0 Å². The number of benzene rings is 1. The number of rotatable bonds is 5. The van der Waals surface area contributed by atoms with E-state index < -0.39 is 0 Å². The summed E-state index contributed by atoms with van der Waals surface area (Å²) < 4.78 is 3.57. The Morgan fingerprint density at radius 2 is 2.00 bits per heavy atom. The molecule has 0 atom stereocenters. The lowest BCUT2D eigenvalue weighted by atomic mass is 10.2. The van der Waals surface area contributed by atoms with E-state index in [9.17, 15) is 4.79 Å². The number of nitrogens with one attached hydrogen (secondary N) is 2. The molecule has 3 aromatic rings. The minimum Gasteiger partial charge on any atom is -0.334 e. The molecule has 24 heavy (non-hydrogen) atoms. The van der Waals surface area contributed by atoms with Crippen molar-refractivity contribution in [1.29, 1.82) is 0 Å². The first kappa shape index (κ1) is 15.8. The predicted octanol–water partition coefficient (Wildman–Crippen LogP) is 2.30. The van der Waals surface area contributed by atoms with Gasteiger partial charge in [0.1, 0.15) is 0 Å². The lowest BCUT2D eigenvalue weighted by Crippen LogP contribution is -2.28. The topological polar surface area (TPSA) is 76.8 Å². The van der Waals surface area contributed by atoms with Crippen molar-refractivity contribution in [2.45, 2.75) is 20.0 Å². The highest BCUT2D eigenvalue weighted by molar-refractivity contribution is 5.88. The number of urea groups is 1. The van der Waals surface area contributed by atoms with Gasteiger partial charge in [-0.25, -0.2) is 4.79 Å². The van der Waals surface area contributed by atoms with E-state index in [1.165, 1.54) is 0 Å². The van der Waals surface area contributed by atoms with E-state index >= 15 is 0 Å². The first-order chi connectivity index (χ1) is 11.6. The SMILES string of the molecule is Cc1cc(NC(=O)NCc2cnn(C)c2)nn1Cc1ccccc1. The van der Waals surface area contributed by atoms with Gasteiger partial charge in [0, 0.05) is 37.1 Å². The molecule has 0 unspecified atom stereocenters. The van der Waals surface area contributed by atoms with E-state index in [0.29, 0.717) is 18.9 Å². The van der Waals surface area contributed by atoms with E-state index in [2.05, 4.69) is 33.0 Å². The van der Waals surface area contributed by atoms with Gasteiger partial charge >= 0.3 is 6.03 Å². The molecule has 124 valence electrons. The second-order valence-electron chi connectivity index (χ2n) is 5.64. The van der Waals surface area contributed by atoms with E-state index in [1.54, 1.807) is 10.9 Å². The summed E-state index contributed by atoms with van der Waals surface area (Å²) >= 11 is 0. The van der Waals surface area contributed by atoms with Gasteiger partial charge in [0.05, 0.1) is 12.7 Å². The molecule has 0 bridgehead atoms. The summed E-state index contributed by atoms with van der Waals surface area (Å²) in [5.41, 5.74) is 3.09. The summed E-state index contributed by atoms with van der Waals surface area (Å²) in [7, 11) is 1.84. The number of hydrogen-bond donors (Lipinski definition) is 2. The molecule has 3 rings (SSSR count). The van der Waals surface area contributed by atoms with Crippen LogP contribution in [0.25, 0.3) is 0 Å². The highest BCUT2D eigenvalue weighted by Gasteiger charge is 2.08. The molecule has 2 aromatic heterocycles. The van der Waals surface area contributed by atoms with Crippen molar-refractivity contribution in [2.75, 3.05) is 5.32 Å². The van der Waals surface area contributed by atoms with Crippen molar-refractivity contribution in [3.63, 3.8) is 0 Å². The van der Waals surface area contributed by atoms with Crippen LogP contribution in [0.1, 0.15) is 16.8 Å². The van der Waals surface area contributed by atoms with Crippen LogP contribution in [0.15, 0.2) is 48.8 Å². The van der Waals surface area contributed by atoms with Gasteiger partial charge in [-0.2, -0.15) is 10.2 Å². The molecule has 0 aliphatic heterocycles. The van der Waals surface area contributed by atoms with Crippen LogP contribution < -0.4 is 10.6 Å². The fraction of sp³-hybridized carbons (Fsp3) is 0.235. The molecule has 0 spiro atoms. The molecule has 0 aliphatic rings. The third-order valence-corrected chi connectivity index (χ3v) is 3.61. The lowest BCUT2D eigenvalue weighted by molar-refractivity contribution is 0.251. The number of carbonyl (C=O) groups excluding carboxylic acids is 1. The Kier molecular flexibility index (Phi) is 4.60. The van der Waals surface area contributed by atoms with Crippen LogP contribution in [0.5, 0.6) is 0 Å². The number of amides is 2. The number of anilines is 1. The maximum atomic E-state index is 12.0. The Morgan fingerprint density at radius 3 is 2.71 bits per heavy atom. The molecule has 2 heterocycles. The van der Waals surface area contributed by atoms with Crippen molar-refractivity contribution in [2.24, 2.45) is 7.05 Å². The van der Waals surface area contributed by atoms with Crippen LogP contribution in [-0.2, 0) is 20.1 Å². The summed E-state index contributed by atoms with van der Waals surface area (Å²) in [4.78, 5) is 12.0. The zero-order chi connectivity index (χ0) is 16.9. The van der Waals surface area contributed by atoms with E-state index in [-0.39, 0.29) is 6.03 Å². The van der Waals surface area contributed by atoms with Gasteiger partial charge in [0.15, 0.2) is 5.82 Å². The molecule has 2 N–H and O–H groups in total. The van der Waals surface area contributed by atoms with Gasteiger partial charge in [-0.3, -0.25) is 14.7 Å². The highest BCUT2D eigenvalue weighted by atomic mass is 16.2. The number of hydrogen-bond acceptors (Lipinski definition) is 3. The van der Waals surface area contributed by atoms with Crippen LogP contribution in [0.3, 0.4) is 0 Å². The van der Waals surface area contributed by atoms with Gasteiger partial charge in [-0.15, -0.1) is 0 Å². The van der Waals surface area contributed by atoms with Gasteiger partial charge in [-0.1, -0.05) is 30.3 Å². The molecule has 7 nitrogen and oxygen atoms in total. The van der Waals surface area contributed by atoms with Crippen LogP contribution in [-0.4, -0.2) is 25.6 Å². The van der Waals surface area contributed by atoms with Crippen molar-refractivity contribution in [1.82, 2.24) is 24.9 Å². The number of carbonyl (C=O) groups is 1. The standard InChI is InChI=1S/C17H20N6O/c1-13-8-16(21-23(13)12-14-6-4-3-5-7-14)20-17(24)18-9-15-10-19-22(2)11-15/h3-8,10-11H,9,12H2,1-2H3,(H2,18,20,21,24). The van der Waals surface area contributed by atoms with Crippen LogP contribution >= 0.6 is 0 Å². The number of aryl methyl sites for hydroxylation is 2. The Balaban J connectivity index is 1.57. The molecule has 2 amide bonds. The fourth-order valence-electron chi connectivity index (χ4n) is 2.39. The molecular weight excluding hydrogens is 304 g/mol. The molecule has 0 radical (unpaired) electrons. The Bertz CT molecular complexity index is 821. The molecule has 0 fully saturated rings. The maximum Gasteiger partial charge on any atom is 0.320 e.